The monoisotopic (exact) mass is 408 g/mol. The topological polar surface area (TPSA) is 31.8 Å². The second-order valence-electron chi connectivity index (χ2n) is 8.75. The quantitative estimate of drug-likeness (QED) is 0.726. The average Bonchev–Trinajstić information content (AvgIpc) is 2.78. The van der Waals surface area contributed by atoms with Crippen LogP contribution in [0.25, 0.3) is 11.1 Å². The molecular weight excluding hydrogens is 372 g/mol. The molecule has 2 aliphatic heterocycles. The molecule has 2 aliphatic rings. The maximum Gasteiger partial charge on any atom is 0.0544 e. The van der Waals surface area contributed by atoms with Crippen LogP contribution in [-0.2, 0) is 11.3 Å². The fourth-order valence-electron chi connectivity index (χ4n) is 4.64. The van der Waals surface area contributed by atoms with Crippen molar-refractivity contribution in [2.45, 2.75) is 39.3 Å². The molecule has 2 fully saturated rings. The second kappa shape index (κ2) is 9.90. The highest BCUT2D eigenvalue weighted by Gasteiger charge is 2.22. The fourth-order valence-corrected chi connectivity index (χ4v) is 4.64. The van der Waals surface area contributed by atoms with E-state index in [9.17, 15) is 0 Å². The van der Waals surface area contributed by atoms with Crippen molar-refractivity contribution in [1.82, 2.24) is 14.8 Å². The highest BCUT2D eigenvalue weighted by Crippen LogP contribution is 2.31. The predicted octanol–water partition coefficient (Wildman–Crippen LogP) is 3.81. The summed E-state index contributed by atoms with van der Waals surface area (Å²) in [5.74, 6) is 0. The molecule has 1 aromatic heterocycles. The molecular formula is C25H36N4O. The summed E-state index contributed by atoms with van der Waals surface area (Å²) >= 11 is 0. The number of aryl methyl sites for hydroxylation is 1. The maximum absolute atomic E-state index is 5.58. The number of aromatic nitrogens is 1. The van der Waals surface area contributed by atoms with E-state index in [0.717, 1.165) is 71.0 Å². The number of pyridine rings is 1. The van der Waals surface area contributed by atoms with Crippen LogP contribution in [0.1, 0.15) is 31.0 Å². The normalized spacial score (nSPS) is 19.2. The molecule has 0 spiro atoms. The summed E-state index contributed by atoms with van der Waals surface area (Å²) in [4.78, 5) is 12.2. The third kappa shape index (κ3) is 5.02. The van der Waals surface area contributed by atoms with Crippen molar-refractivity contribution in [3.63, 3.8) is 0 Å². The molecule has 0 N–H and O–H groups in total. The average molecular weight is 409 g/mol. The van der Waals surface area contributed by atoms with Crippen LogP contribution in [0.5, 0.6) is 0 Å². The minimum atomic E-state index is 0.571. The van der Waals surface area contributed by atoms with Gasteiger partial charge in [0, 0.05) is 76.0 Å². The summed E-state index contributed by atoms with van der Waals surface area (Å²) in [5.41, 5.74) is 6.30. The second-order valence-corrected chi connectivity index (χ2v) is 8.75. The molecule has 2 saturated heterocycles. The lowest BCUT2D eigenvalue weighted by molar-refractivity contribution is 0.0846. The summed E-state index contributed by atoms with van der Waals surface area (Å²) < 4.78 is 5.58. The van der Waals surface area contributed by atoms with Gasteiger partial charge in [-0.25, -0.2) is 0 Å². The predicted molar refractivity (Wildman–Crippen MR) is 124 cm³/mol. The molecule has 0 atom stereocenters. The third-order valence-corrected chi connectivity index (χ3v) is 6.63. The molecule has 162 valence electrons. The van der Waals surface area contributed by atoms with Gasteiger partial charge >= 0.3 is 0 Å². The van der Waals surface area contributed by atoms with Crippen LogP contribution in [0.15, 0.2) is 36.5 Å². The fraction of sp³-hybridized carbons (Fsp3) is 0.560. The van der Waals surface area contributed by atoms with Gasteiger partial charge in [-0.15, -0.1) is 0 Å². The molecule has 5 heteroatoms. The Morgan fingerprint density at radius 2 is 1.77 bits per heavy atom. The number of nitrogens with zero attached hydrogens (tertiary/aromatic N) is 4. The summed E-state index contributed by atoms with van der Waals surface area (Å²) in [6.45, 7) is 12.7. The maximum atomic E-state index is 5.58. The number of likely N-dealkylation sites (N-methyl/N-ethyl adjacent to an activating group) is 1. The molecule has 0 aliphatic carbocycles. The van der Waals surface area contributed by atoms with Crippen molar-refractivity contribution in [1.29, 1.82) is 0 Å². The zero-order valence-electron chi connectivity index (χ0n) is 18.8. The zero-order chi connectivity index (χ0) is 20.9. The minimum absolute atomic E-state index is 0.571. The number of hydrogen-bond acceptors (Lipinski definition) is 5. The van der Waals surface area contributed by atoms with Crippen LogP contribution in [0.4, 0.5) is 5.69 Å². The van der Waals surface area contributed by atoms with Gasteiger partial charge in [0.15, 0.2) is 0 Å². The Hall–Kier alpha value is -1.95. The highest BCUT2D eigenvalue weighted by atomic mass is 16.5. The highest BCUT2D eigenvalue weighted by molar-refractivity contribution is 5.70. The van der Waals surface area contributed by atoms with Gasteiger partial charge in [-0.2, -0.15) is 0 Å². The van der Waals surface area contributed by atoms with Crippen LogP contribution in [0.2, 0.25) is 0 Å². The lowest BCUT2D eigenvalue weighted by Crippen LogP contribution is -2.43. The lowest BCUT2D eigenvalue weighted by Gasteiger charge is -2.36. The largest absolute Gasteiger partial charge is 0.381 e. The molecule has 0 bridgehead atoms. The first-order chi connectivity index (χ1) is 14.6. The van der Waals surface area contributed by atoms with E-state index < -0.39 is 0 Å². The summed E-state index contributed by atoms with van der Waals surface area (Å²) in [5, 5.41) is 0. The molecule has 3 heterocycles. The number of ether oxygens (including phenoxy) is 1. The Kier molecular flexibility index (Phi) is 7.03. The summed E-state index contributed by atoms with van der Waals surface area (Å²) in [6, 6.07) is 11.8. The number of benzene rings is 1. The van der Waals surface area contributed by atoms with Crippen molar-refractivity contribution >= 4 is 5.69 Å². The number of hydrogen-bond donors (Lipinski definition) is 0. The van der Waals surface area contributed by atoms with E-state index >= 15 is 0 Å². The van der Waals surface area contributed by atoms with E-state index in [2.05, 4.69) is 65.9 Å². The van der Waals surface area contributed by atoms with Gasteiger partial charge in [0.25, 0.3) is 0 Å². The van der Waals surface area contributed by atoms with Gasteiger partial charge < -0.3 is 14.5 Å². The van der Waals surface area contributed by atoms with Crippen LogP contribution < -0.4 is 4.90 Å². The first kappa shape index (κ1) is 21.3. The molecule has 4 rings (SSSR count). The Morgan fingerprint density at radius 3 is 2.43 bits per heavy atom. The smallest absolute Gasteiger partial charge is 0.0544 e. The van der Waals surface area contributed by atoms with Crippen LogP contribution in [0, 0.1) is 6.92 Å². The van der Waals surface area contributed by atoms with Crippen molar-refractivity contribution in [2.24, 2.45) is 0 Å². The summed E-state index contributed by atoms with van der Waals surface area (Å²) in [7, 11) is 2.20. The molecule has 0 unspecified atom stereocenters. The van der Waals surface area contributed by atoms with Gasteiger partial charge in [0.05, 0.1) is 5.69 Å². The van der Waals surface area contributed by atoms with Crippen molar-refractivity contribution in [3.8, 4) is 11.1 Å². The molecule has 0 amide bonds. The van der Waals surface area contributed by atoms with Gasteiger partial charge in [0.2, 0.25) is 0 Å². The van der Waals surface area contributed by atoms with E-state index in [1.54, 1.807) is 0 Å². The van der Waals surface area contributed by atoms with Gasteiger partial charge in [-0.3, -0.25) is 9.88 Å². The third-order valence-electron chi connectivity index (χ3n) is 6.63. The number of piperazine rings is 1. The van der Waals surface area contributed by atoms with E-state index in [0.29, 0.717) is 6.04 Å². The van der Waals surface area contributed by atoms with E-state index in [4.69, 9.17) is 9.72 Å². The van der Waals surface area contributed by atoms with Gasteiger partial charge in [0.1, 0.15) is 0 Å². The molecule has 0 radical (unpaired) electrons. The van der Waals surface area contributed by atoms with E-state index in [1.807, 2.05) is 6.20 Å². The SMILES string of the molecule is CCN(c1cc(-c2ccc(CN3CCN(C)CC3)nc2)ccc1C)C1CCOCC1. The Balaban J connectivity index is 1.49. The van der Waals surface area contributed by atoms with Gasteiger partial charge in [-0.05, 0) is 57.0 Å². The van der Waals surface area contributed by atoms with Crippen LogP contribution >= 0.6 is 0 Å². The Labute approximate surface area is 181 Å². The lowest BCUT2D eigenvalue weighted by atomic mass is 10.0. The van der Waals surface area contributed by atoms with Crippen molar-refractivity contribution < 1.29 is 4.74 Å². The van der Waals surface area contributed by atoms with E-state index in [1.165, 1.54) is 22.4 Å². The molecule has 1 aromatic carbocycles. The van der Waals surface area contributed by atoms with Crippen molar-refractivity contribution in [2.75, 3.05) is 57.9 Å². The van der Waals surface area contributed by atoms with Crippen LogP contribution in [-0.4, -0.2) is 73.8 Å². The summed E-state index contributed by atoms with van der Waals surface area (Å²) in [6.07, 6.45) is 4.27. The van der Waals surface area contributed by atoms with Crippen LogP contribution in [0.3, 0.4) is 0 Å². The van der Waals surface area contributed by atoms with E-state index in [-0.39, 0.29) is 0 Å². The first-order valence-electron chi connectivity index (χ1n) is 11.5. The molecule has 30 heavy (non-hydrogen) atoms. The molecule has 5 nitrogen and oxygen atoms in total. The Bertz CT molecular complexity index is 808. The molecule has 2 aromatic rings. The Morgan fingerprint density at radius 1 is 1.03 bits per heavy atom. The first-order valence-corrected chi connectivity index (χ1v) is 11.5. The molecule has 0 saturated carbocycles. The van der Waals surface area contributed by atoms with Gasteiger partial charge in [-0.1, -0.05) is 18.2 Å². The van der Waals surface area contributed by atoms with Crippen molar-refractivity contribution in [3.05, 3.63) is 47.8 Å². The number of rotatable bonds is 6. The standard InChI is InChI=1S/C25H36N4O/c1-4-29(24-9-15-30-16-10-24)25-17-21(6-5-20(25)2)22-7-8-23(26-18-22)19-28-13-11-27(3)12-14-28/h5-8,17-18,24H,4,9-16,19H2,1-3H3. The number of anilines is 1. The minimum Gasteiger partial charge on any atom is -0.381 e. The zero-order valence-corrected chi connectivity index (χ0v) is 18.8.